The molecule has 37 heavy (non-hydrogen) atoms. The van der Waals surface area contributed by atoms with Gasteiger partial charge in [-0.15, -0.1) is 0 Å². The van der Waals surface area contributed by atoms with Gasteiger partial charge >= 0.3 is 0 Å². The zero-order valence-corrected chi connectivity index (χ0v) is 22.7. The van der Waals surface area contributed by atoms with E-state index in [-0.39, 0.29) is 45.6 Å². The molecule has 2 fully saturated rings. The number of nitrogens with one attached hydrogen (secondary N) is 1. The number of aliphatic hydroxyl groups is 2. The number of amidine groups is 1. The molecule has 1 atom stereocenters. The number of piperidine rings is 1. The summed E-state index contributed by atoms with van der Waals surface area (Å²) >= 11 is 0. The second-order valence-corrected chi connectivity index (χ2v) is 12.0. The van der Waals surface area contributed by atoms with Gasteiger partial charge in [0.2, 0.25) is 10.0 Å². The zero-order valence-electron chi connectivity index (χ0n) is 20.8. The fourth-order valence-electron chi connectivity index (χ4n) is 5.64. The molecule has 1 aliphatic carbocycles. The molecule has 3 heterocycles. The molecule has 1 saturated heterocycles. The minimum absolute atomic E-state index is 0. The minimum atomic E-state index is -3.67. The average molecular weight is 549 g/mol. The second kappa shape index (κ2) is 11.3. The highest BCUT2D eigenvalue weighted by atomic mass is 32.2. The van der Waals surface area contributed by atoms with E-state index in [1.165, 1.54) is 16.1 Å². The number of aliphatic hydroxyl groups excluding tert-OH is 2. The van der Waals surface area contributed by atoms with Crippen LogP contribution < -0.4 is 5.32 Å². The number of amides is 1. The van der Waals surface area contributed by atoms with Crippen LogP contribution in [0.15, 0.2) is 40.9 Å². The van der Waals surface area contributed by atoms with Crippen LogP contribution in [0.2, 0.25) is 0 Å². The molecule has 1 saturated carbocycles. The lowest BCUT2D eigenvalue weighted by Gasteiger charge is -2.34. The van der Waals surface area contributed by atoms with Crippen LogP contribution in [-0.2, 0) is 21.4 Å². The molecule has 11 heteroatoms. The summed E-state index contributed by atoms with van der Waals surface area (Å²) in [7, 11) is -3.67. The maximum atomic E-state index is 13.1. The zero-order chi connectivity index (χ0) is 25.3. The van der Waals surface area contributed by atoms with E-state index in [0.717, 1.165) is 48.0 Å². The number of sulfonamides is 1. The second-order valence-electron chi connectivity index (χ2n) is 10.1. The summed E-state index contributed by atoms with van der Waals surface area (Å²) in [6.45, 7) is 0.422. The Bertz CT molecular complexity index is 1290. The lowest BCUT2D eigenvalue weighted by Crippen LogP contribution is -2.50. The standard InChI is InChI=1S/C26H34N4O5S.H2S/c31-18-21(32)17-29-13-9-22-19(7-4-8-23(22)29)10-16-36(34,35)30-14-11-26(12-15-30)25(33)27-24(28-26)20-5-2-1-3-6-20;/h4,7-10,13,16,20-21,31-32H,1-3,5-6,11-12,14-15,17-18H2,(H,27,28,33);1H2/b16-10+;/t21-;/m0./s1. The number of carbonyl (C=O) groups is 1. The fraction of sp³-hybridized carbons (Fsp3) is 0.538. The molecule has 202 valence electrons. The number of nitrogens with zero attached hydrogens (tertiary/aromatic N) is 3. The lowest BCUT2D eigenvalue weighted by molar-refractivity contribution is -0.125. The Balaban J connectivity index is 0.00000320. The highest BCUT2D eigenvalue weighted by molar-refractivity contribution is 7.92. The molecule has 0 radical (unpaired) electrons. The molecule has 3 N–H and O–H groups in total. The Morgan fingerprint density at radius 2 is 1.89 bits per heavy atom. The molecule has 3 aliphatic rings. The predicted molar refractivity (Wildman–Crippen MR) is 149 cm³/mol. The van der Waals surface area contributed by atoms with E-state index in [4.69, 9.17) is 10.1 Å². The van der Waals surface area contributed by atoms with Crippen LogP contribution >= 0.6 is 13.5 Å². The minimum Gasteiger partial charge on any atom is -0.394 e. The van der Waals surface area contributed by atoms with E-state index in [1.54, 1.807) is 6.08 Å². The molecular weight excluding hydrogens is 512 g/mol. The number of fused-ring (bicyclic) bond motifs is 1. The molecular formula is C26H36N4O5S2. The summed E-state index contributed by atoms with van der Waals surface area (Å²) in [5, 5.41) is 24.0. The van der Waals surface area contributed by atoms with Gasteiger partial charge in [-0.25, -0.2) is 8.42 Å². The van der Waals surface area contributed by atoms with Gasteiger partial charge in [-0.1, -0.05) is 31.4 Å². The molecule has 1 aromatic carbocycles. The molecule has 9 nitrogen and oxygen atoms in total. The van der Waals surface area contributed by atoms with Crippen LogP contribution in [0, 0.1) is 5.92 Å². The lowest BCUT2D eigenvalue weighted by atomic mass is 9.88. The van der Waals surface area contributed by atoms with Crippen LogP contribution in [0.1, 0.15) is 50.5 Å². The molecule has 0 bridgehead atoms. The van der Waals surface area contributed by atoms with E-state index < -0.39 is 21.7 Å². The van der Waals surface area contributed by atoms with Crippen molar-refractivity contribution < 1.29 is 23.4 Å². The number of hydrogen-bond donors (Lipinski definition) is 3. The van der Waals surface area contributed by atoms with Gasteiger partial charge in [0.25, 0.3) is 5.91 Å². The molecule has 1 spiro atoms. The smallest absolute Gasteiger partial charge is 0.253 e. The number of aromatic nitrogens is 1. The Labute approximate surface area is 224 Å². The summed E-state index contributed by atoms with van der Waals surface area (Å²) in [5.41, 5.74) is 0.760. The van der Waals surface area contributed by atoms with Crippen LogP contribution in [-0.4, -0.2) is 70.6 Å². The van der Waals surface area contributed by atoms with Crippen molar-refractivity contribution in [2.75, 3.05) is 19.7 Å². The van der Waals surface area contributed by atoms with Crippen LogP contribution in [0.4, 0.5) is 0 Å². The molecule has 1 aromatic heterocycles. The first-order valence-corrected chi connectivity index (χ1v) is 14.3. The summed E-state index contributed by atoms with van der Waals surface area (Å²) in [6.07, 6.45) is 8.97. The maximum absolute atomic E-state index is 13.1. The number of hydrogen-bond acceptors (Lipinski definition) is 6. The third-order valence-electron chi connectivity index (χ3n) is 7.79. The molecule has 2 aromatic rings. The molecule has 0 unspecified atom stereocenters. The van der Waals surface area contributed by atoms with Crippen molar-refractivity contribution in [1.82, 2.24) is 14.2 Å². The molecule has 1 amide bonds. The number of benzene rings is 1. The van der Waals surface area contributed by atoms with Crippen molar-refractivity contribution in [2.45, 2.75) is 63.1 Å². The first kappa shape index (κ1) is 27.8. The number of rotatable bonds is 7. The fourth-order valence-corrected chi connectivity index (χ4v) is 6.82. The van der Waals surface area contributed by atoms with E-state index >= 15 is 0 Å². The largest absolute Gasteiger partial charge is 0.394 e. The van der Waals surface area contributed by atoms with Crippen molar-refractivity contribution in [3.63, 3.8) is 0 Å². The van der Waals surface area contributed by atoms with E-state index in [9.17, 15) is 18.3 Å². The van der Waals surface area contributed by atoms with Gasteiger partial charge in [0.1, 0.15) is 11.4 Å². The van der Waals surface area contributed by atoms with Crippen LogP contribution in [0.5, 0.6) is 0 Å². The SMILES string of the molecule is O=C1NC(C2CCCCC2)=NC12CCN(S(=O)(=O)/C=C/c1cccc3c1ccn3C[C@H](O)CO)CC2.S. The Morgan fingerprint density at radius 1 is 1.16 bits per heavy atom. The molecule has 5 rings (SSSR count). The summed E-state index contributed by atoms with van der Waals surface area (Å²) in [4.78, 5) is 17.7. The van der Waals surface area contributed by atoms with Gasteiger partial charge in [0.15, 0.2) is 0 Å². The number of carbonyl (C=O) groups excluding carboxylic acids is 1. The van der Waals surface area contributed by atoms with Crippen molar-refractivity contribution in [1.29, 1.82) is 0 Å². The van der Waals surface area contributed by atoms with Gasteiger partial charge in [-0.3, -0.25) is 9.79 Å². The maximum Gasteiger partial charge on any atom is 0.253 e. The van der Waals surface area contributed by atoms with E-state index in [0.29, 0.717) is 18.8 Å². The van der Waals surface area contributed by atoms with Gasteiger partial charge in [0.05, 0.1) is 19.3 Å². The van der Waals surface area contributed by atoms with Gasteiger partial charge in [-0.2, -0.15) is 17.8 Å². The Kier molecular flexibility index (Phi) is 8.49. The van der Waals surface area contributed by atoms with Gasteiger partial charge in [0, 0.05) is 41.5 Å². The van der Waals surface area contributed by atoms with Crippen molar-refractivity contribution in [3.05, 3.63) is 41.4 Å². The van der Waals surface area contributed by atoms with E-state index in [2.05, 4.69) is 5.32 Å². The monoisotopic (exact) mass is 548 g/mol. The van der Waals surface area contributed by atoms with Gasteiger partial charge < -0.3 is 20.1 Å². The highest BCUT2D eigenvalue weighted by Crippen LogP contribution is 2.35. The summed E-state index contributed by atoms with van der Waals surface area (Å²) < 4.78 is 29.5. The third-order valence-corrected chi connectivity index (χ3v) is 9.35. The van der Waals surface area contributed by atoms with Gasteiger partial charge in [-0.05, 0) is 49.5 Å². The topological polar surface area (TPSA) is 124 Å². The Morgan fingerprint density at radius 3 is 2.59 bits per heavy atom. The summed E-state index contributed by atoms with van der Waals surface area (Å²) in [6, 6.07) is 7.44. The van der Waals surface area contributed by atoms with Crippen molar-refractivity contribution >= 4 is 52.2 Å². The average Bonchev–Trinajstić information content (AvgIpc) is 3.44. The first-order valence-electron chi connectivity index (χ1n) is 12.8. The highest BCUT2D eigenvalue weighted by Gasteiger charge is 2.48. The van der Waals surface area contributed by atoms with Crippen LogP contribution in [0.3, 0.4) is 0 Å². The van der Waals surface area contributed by atoms with E-state index in [1.807, 2.05) is 35.0 Å². The predicted octanol–water partition coefficient (Wildman–Crippen LogP) is 2.35. The van der Waals surface area contributed by atoms with Crippen molar-refractivity contribution in [3.8, 4) is 0 Å². The molecule has 2 aliphatic heterocycles. The third kappa shape index (κ3) is 5.65. The Hall–Kier alpha value is -2.18. The summed E-state index contributed by atoms with van der Waals surface area (Å²) in [5.74, 6) is 1.04. The quantitative estimate of drug-likeness (QED) is 0.490. The normalized spacial score (nSPS) is 21.8. The number of aliphatic imine (C=N–C) groups is 1. The van der Waals surface area contributed by atoms with Crippen molar-refractivity contribution in [2.24, 2.45) is 10.9 Å². The van der Waals surface area contributed by atoms with Crippen LogP contribution in [0.25, 0.3) is 17.0 Å². The first-order chi connectivity index (χ1) is 17.3.